The van der Waals surface area contributed by atoms with Crippen molar-refractivity contribution < 1.29 is 9.53 Å². The van der Waals surface area contributed by atoms with Gasteiger partial charge in [0.25, 0.3) is 5.91 Å². The number of aryl methyl sites for hydroxylation is 1. The standard InChI is InChI=1S/C35H28N4O2/c1-25-14-18-29(19-15-25)39-34(32-13-7-11-28-10-5-6-12-31(28)32)22-33(38-39)35(40)37-36-23-26-16-20-30(21-17-26)41-24-27-8-3-2-4-9-27/h2-23H,24H2,1H3,(H,37,40)/b36-23-. The van der Waals surface area contributed by atoms with Crippen LogP contribution in [0.3, 0.4) is 0 Å². The second-order valence-corrected chi connectivity index (χ2v) is 9.73. The molecule has 0 aliphatic heterocycles. The first kappa shape index (κ1) is 25.8. The number of fused-ring (bicyclic) bond motifs is 1. The van der Waals surface area contributed by atoms with Crippen molar-refractivity contribution in [3.8, 4) is 22.7 Å². The van der Waals surface area contributed by atoms with Crippen LogP contribution in [0.15, 0.2) is 132 Å². The van der Waals surface area contributed by atoms with E-state index in [-0.39, 0.29) is 5.69 Å². The highest BCUT2D eigenvalue weighted by atomic mass is 16.5. The lowest BCUT2D eigenvalue weighted by atomic mass is 10.0. The SMILES string of the molecule is Cc1ccc(-n2nc(C(=O)N/N=C\c3ccc(OCc4ccccc4)cc3)cc2-c2cccc3ccccc23)cc1. The van der Waals surface area contributed by atoms with Gasteiger partial charge in [-0.3, -0.25) is 4.79 Å². The van der Waals surface area contributed by atoms with Crippen molar-refractivity contribution in [2.45, 2.75) is 13.5 Å². The number of nitrogens with zero attached hydrogens (tertiary/aromatic N) is 3. The highest BCUT2D eigenvalue weighted by Crippen LogP contribution is 2.31. The molecule has 1 amide bonds. The van der Waals surface area contributed by atoms with Crippen LogP contribution in [-0.4, -0.2) is 21.9 Å². The summed E-state index contributed by atoms with van der Waals surface area (Å²) < 4.78 is 7.66. The van der Waals surface area contributed by atoms with Crippen molar-refractivity contribution >= 4 is 22.9 Å². The summed E-state index contributed by atoms with van der Waals surface area (Å²) in [4.78, 5) is 13.1. The Morgan fingerprint density at radius 2 is 1.59 bits per heavy atom. The molecule has 0 atom stereocenters. The number of hydrogen-bond acceptors (Lipinski definition) is 4. The van der Waals surface area contributed by atoms with Gasteiger partial charge in [-0.25, -0.2) is 10.1 Å². The quantitative estimate of drug-likeness (QED) is 0.163. The normalized spacial score (nSPS) is 11.1. The Hall–Kier alpha value is -5.49. The maximum atomic E-state index is 13.1. The molecule has 0 unspecified atom stereocenters. The minimum Gasteiger partial charge on any atom is -0.489 e. The number of hydrogen-bond donors (Lipinski definition) is 1. The van der Waals surface area contributed by atoms with Crippen LogP contribution in [-0.2, 0) is 6.61 Å². The van der Waals surface area contributed by atoms with E-state index in [9.17, 15) is 4.79 Å². The number of carbonyl (C=O) groups excluding carboxylic acids is 1. The molecule has 1 aromatic heterocycles. The lowest BCUT2D eigenvalue weighted by Crippen LogP contribution is -2.18. The third-order valence-electron chi connectivity index (χ3n) is 6.79. The molecule has 6 nitrogen and oxygen atoms in total. The molecule has 41 heavy (non-hydrogen) atoms. The van der Waals surface area contributed by atoms with Crippen LogP contribution in [0.1, 0.15) is 27.2 Å². The molecule has 0 saturated carbocycles. The zero-order valence-corrected chi connectivity index (χ0v) is 22.6. The fourth-order valence-corrected chi connectivity index (χ4v) is 4.63. The third-order valence-corrected chi connectivity index (χ3v) is 6.79. The van der Waals surface area contributed by atoms with Crippen LogP contribution < -0.4 is 10.2 Å². The van der Waals surface area contributed by atoms with Crippen LogP contribution in [0.4, 0.5) is 0 Å². The number of nitrogens with one attached hydrogen (secondary N) is 1. The van der Waals surface area contributed by atoms with Gasteiger partial charge in [-0.2, -0.15) is 10.2 Å². The van der Waals surface area contributed by atoms with E-state index in [4.69, 9.17) is 9.84 Å². The summed E-state index contributed by atoms with van der Waals surface area (Å²) in [6.45, 7) is 2.54. The van der Waals surface area contributed by atoms with Gasteiger partial charge in [0.1, 0.15) is 12.4 Å². The molecular formula is C35H28N4O2. The largest absolute Gasteiger partial charge is 0.489 e. The maximum absolute atomic E-state index is 13.1. The molecule has 0 radical (unpaired) electrons. The van der Waals surface area contributed by atoms with E-state index in [1.54, 1.807) is 6.21 Å². The van der Waals surface area contributed by atoms with E-state index in [1.807, 2.05) is 115 Å². The van der Waals surface area contributed by atoms with Gasteiger partial charge in [0.15, 0.2) is 5.69 Å². The average Bonchev–Trinajstić information content (AvgIpc) is 3.47. The third kappa shape index (κ3) is 5.92. The molecule has 200 valence electrons. The molecule has 6 rings (SSSR count). The predicted octanol–water partition coefficient (Wildman–Crippen LogP) is 7.34. The van der Waals surface area contributed by atoms with Crippen LogP contribution in [0.2, 0.25) is 0 Å². The van der Waals surface area contributed by atoms with E-state index < -0.39 is 5.91 Å². The van der Waals surface area contributed by atoms with E-state index >= 15 is 0 Å². The second kappa shape index (κ2) is 11.7. The molecule has 5 aromatic carbocycles. The molecule has 1 N–H and O–H groups in total. The number of rotatable bonds is 8. The molecule has 1 heterocycles. The van der Waals surface area contributed by atoms with Crippen LogP contribution in [0.5, 0.6) is 5.75 Å². The van der Waals surface area contributed by atoms with Crippen molar-refractivity contribution in [1.29, 1.82) is 0 Å². The second-order valence-electron chi connectivity index (χ2n) is 9.73. The number of carbonyl (C=O) groups is 1. The maximum Gasteiger partial charge on any atom is 0.291 e. The Kier molecular flexibility index (Phi) is 7.36. The zero-order chi connectivity index (χ0) is 28.0. The Bertz CT molecular complexity index is 1820. The molecule has 0 bridgehead atoms. The number of benzene rings is 5. The predicted molar refractivity (Wildman–Crippen MR) is 164 cm³/mol. The van der Waals surface area contributed by atoms with Crippen LogP contribution >= 0.6 is 0 Å². The molecule has 0 saturated heterocycles. The van der Waals surface area contributed by atoms with E-state index in [2.05, 4.69) is 34.8 Å². The van der Waals surface area contributed by atoms with Crippen molar-refractivity contribution in [2.75, 3.05) is 0 Å². The van der Waals surface area contributed by atoms with Gasteiger partial charge in [-0.15, -0.1) is 0 Å². The average molecular weight is 537 g/mol. The topological polar surface area (TPSA) is 68.5 Å². The van der Waals surface area contributed by atoms with Gasteiger partial charge >= 0.3 is 0 Å². The summed E-state index contributed by atoms with van der Waals surface area (Å²) in [5.74, 6) is 0.370. The van der Waals surface area contributed by atoms with E-state index in [0.29, 0.717) is 6.61 Å². The number of ether oxygens (including phenoxy) is 1. The first-order valence-electron chi connectivity index (χ1n) is 13.4. The Morgan fingerprint density at radius 1 is 0.854 bits per heavy atom. The van der Waals surface area contributed by atoms with Gasteiger partial charge in [0.2, 0.25) is 0 Å². The summed E-state index contributed by atoms with van der Waals surface area (Å²) in [5.41, 5.74) is 8.67. The van der Waals surface area contributed by atoms with Gasteiger partial charge in [0, 0.05) is 5.56 Å². The summed E-state index contributed by atoms with van der Waals surface area (Å²) in [6, 6.07) is 41.8. The molecule has 6 aromatic rings. The molecular weight excluding hydrogens is 508 g/mol. The Morgan fingerprint density at radius 3 is 2.39 bits per heavy atom. The zero-order valence-electron chi connectivity index (χ0n) is 22.6. The highest BCUT2D eigenvalue weighted by molar-refractivity contribution is 5.99. The summed E-state index contributed by atoms with van der Waals surface area (Å²) >= 11 is 0. The van der Waals surface area contributed by atoms with Crippen molar-refractivity contribution in [3.05, 3.63) is 150 Å². The van der Waals surface area contributed by atoms with Gasteiger partial charge < -0.3 is 4.74 Å². The lowest BCUT2D eigenvalue weighted by Gasteiger charge is -2.10. The first-order valence-corrected chi connectivity index (χ1v) is 13.4. The van der Waals surface area contributed by atoms with Gasteiger partial charge in [-0.05, 0) is 71.3 Å². The fraction of sp³-hybridized carbons (Fsp3) is 0.0571. The van der Waals surface area contributed by atoms with Crippen LogP contribution in [0.25, 0.3) is 27.7 Å². The Balaban J connectivity index is 1.21. The minimum absolute atomic E-state index is 0.273. The van der Waals surface area contributed by atoms with Crippen LogP contribution in [0, 0.1) is 6.92 Å². The summed E-state index contributed by atoms with van der Waals surface area (Å²) in [6.07, 6.45) is 1.60. The summed E-state index contributed by atoms with van der Waals surface area (Å²) in [7, 11) is 0. The molecule has 6 heteroatoms. The molecule has 0 spiro atoms. The number of hydrazone groups is 1. The monoisotopic (exact) mass is 536 g/mol. The highest BCUT2D eigenvalue weighted by Gasteiger charge is 2.18. The minimum atomic E-state index is -0.392. The lowest BCUT2D eigenvalue weighted by molar-refractivity contribution is 0.0949. The molecule has 0 fully saturated rings. The molecule has 0 aliphatic rings. The first-order chi connectivity index (χ1) is 20.1. The Labute approximate surface area is 238 Å². The summed E-state index contributed by atoms with van der Waals surface area (Å²) in [5, 5.41) is 11.1. The van der Waals surface area contributed by atoms with E-state index in [0.717, 1.165) is 50.2 Å². The van der Waals surface area contributed by atoms with Crippen molar-refractivity contribution in [3.63, 3.8) is 0 Å². The van der Waals surface area contributed by atoms with Crippen molar-refractivity contribution in [2.24, 2.45) is 5.10 Å². The number of amides is 1. The van der Waals surface area contributed by atoms with Gasteiger partial charge in [-0.1, -0.05) is 90.5 Å². The smallest absolute Gasteiger partial charge is 0.291 e. The van der Waals surface area contributed by atoms with Crippen molar-refractivity contribution in [1.82, 2.24) is 15.2 Å². The fourth-order valence-electron chi connectivity index (χ4n) is 4.63. The molecule has 0 aliphatic carbocycles. The number of aromatic nitrogens is 2. The van der Waals surface area contributed by atoms with E-state index in [1.165, 1.54) is 0 Å². The van der Waals surface area contributed by atoms with Gasteiger partial charge in [0.05, 0.1) is 17.6 Å².